The van der Waals surface area contributed by atoms with E-state index in [1.165, 1.54) is 0 Å². The molecule has 2 aromatic carbocycles. The minimum Gasteiger partial charge on any atom is -0.497 e. The smallest absolute Gasteiger partial charge is 0.246 e. The van der Waals surface area contributed by atoms with Crippen LogP contribution in [0.25, 0.3) is 17.5 Å². The van der Waals surface area contributed by atoms with Gasteiger partial charge < -0.3 is 18.9 Å². The number of nitrogens with zero attached hydrogens (tertiary/aromatic N) is 4. The van der Waals surface area contributed by atoms with Gasteiger partial charge in [-0.3, -0.25) is 9.69 Å². The van der Waals surface area contributed by atoms with E-state index in [2.05, 4.69) is 15.0 Å². The molecule has 0 radical (unpaired) electrons. The lowest BCUT2D eigenvalue weighted by Crippen LogP contribution is -2.47. The molecule has 32 heavy (non-hydrogen) atoms. The normalized spacial score (nSPS) is 14.6. The van der Waals surface area contributed by atoms with Crippen LogP contribution in [0.4, 0.5) is 0 Å². The van der Waals surface area contributed by atoms with Gasteiger partial charge in [0, 0.05) is 37.8 Å². The Morgan fingerprint density at radius 1 is 1.03 bits per heavy atom. The standard InChI is InChI=1S/C24H26N4O4/c1-30-20-9-7-19(8-10-20)24-25-22(32-26-24)17-27-12-14-28(15-13-27)23(29)11-6-18-4-3-5-21(16-18)31-2/h3-11,16H,12-15,17H2,1-2H3/b11-6+. The number of piperazine rings is 1. The van der Waals surface area contributed by atoms with E-state index in [0.717, 1.165) is 35.7 Å². The zero-order chi connectivity index (χ0) is 22.3. The molecule has 0 atom stereocenters. The van der Waals surface area contributed by atoms with Gasteiger partial charge in [-0.25, -0.2) is 0 Å². The lowest BCUT2D eigenvalue weighted by atomic mass is 10.2. The second-order valence-corrected chi connectivity index (χ2v) is 7.45. The van der Waals surface area contributed by atoms with E-state index in [1.807, 2.05) is 59.5 Å². The van der Waals surface area contributed by atoms with Crippen molar-refractivity contribution in [3.05, 3.63) is 66.1 Å². The maximum Gasteiger partial charge on any atom is 0.246 e. The molecule has 3 aromatic rings. The van der Waals surface area contributed by atoms with Gasteiger partial charge in [0.1, 0.15) is 11.5 Å². The number of hydrogen-bond acceptors (Lipinski definition) is 7. The van der Waals surface area contributed by atoms with Crippen molar-refractivity contribution in [2.75, 3.05) is 40.4 Å². The summed E-state index contributed by atoms with van der Waals surface area (Å²) in [6.07, 6.45) is 3.43. The van der Waals surface area contributed by atoms with Crippen LogP contribution < -0.4 is 9.47 Å². The van der Waals surface area contributed by atoms with Crippen LogP contribution in [-0.2, 0) is 11.3 Å². The van der Waals surface area contributed by atoms with Gasteiger partial charge in [-0.15, -0.1) is 0 Å². The molecular formula is C24H26N4O4. The molecule has 0 bridgehead atoms. The Kier molecular flexibility index (Phi) is 6.81. The number of carbonyl (C=O) groups is 1. The first kappa shape index (κ1) is 21.6. The van der Waals surface area contributed by atoms with Crippen molar-refractivity contribution in [1.29, 1.82) is 0 Å². The highest BCUT2D eigenvalue weighted by Crippen LogP contribution is 2.20. The summed E-state index contributed by atoms with van der Waals surface area (Å²) in [6, 6.07) is 15.1. The molecule has 1 aromatic heterocycles. The summed E-state index contributed by atoms with van der Waals surface area (Å²) in [6.45, 7) is 3.37. The van der Waals surface area contributed by atoms with Crippen molar-refractivity contribution < 1.29 is 18.8 Å². The molecular weight excluding hydrogens is 408 g/mol. The van der Waals surface area contributed by atoms with Crippen molar-refractivity contribution in [2.45, 2.75) is 6.54 Å². The second kappa shape index (κ2) is 10.1. The van der Waals surface area contributed by atoms with Crippen LogP contribution in [-0.4, -0.2) is 66.2 Å². The Bertz CT molecular complexity index is 1070. The number of benzene rings is 2. The van der Waals surface area contributed by atoms with Gasteiger partial charge in [-0.2, -0.15) is 4.98 Å². The Labute approximate surface area is 187 Å². The van der Waals surface area contributed by atoms with Crippen molar-refractivity contribution in [3.63, 3.8) is 0 Å². The molecule has 0 unspecified atom stereocenters. The predicted molar refractivity (Wildman–Crippen MR) is 120 cm³/mol. The maximum absolute atomic E-state index is 12.5. The van der Waals surface area contributed by atoms with E-state index in [1.54, 1.807) is 20.3 Å². The number of methoxy groups -OCH3 is 2. The zero-order valence-corrected chi connectivity index (χ0v) is 18.2. The van der Waals surface area contributed by atoms with Gasteiger partial charge in [0.05, 0.1) is 20.8 Å². The Morgan fingerprint density at radius 2 is 1.78 bits per heavy atom. The topological polar surface area (TPSA) is 80.9 Å². The molecule has 4 rings (SSSR count). The van der Waals surface area contributed by atoms with Crippen molar-refractivity contribution >= 4 is 12.0 Å². The summed E-state index contributed by atoms with van der Waals surface area (Å²) < 4.78 is 15.8. The molecule has 8 nitrogen and oxygen atoms in total. The minimum atomic E-state index is 0.00653. The van der Waals surface area contributed by atoms with Crippen molar-refractivity contribution in [3.8, 4) is 22.9 Å². The summed E-state index contributed by atoms with van der Waals surface area (Å²) in [7, 11) is 3.26. The van der Waals surface area contributed by atoms with Crippen molar-refractivity contribution in [2.24, 2.45) is 0 Å². The molecule has 1 aliphatic heterocycles. The predicted octanol–water partition coefficient (Wildman–Crippen LogP) is 3.11. The van der Waals surface area contributed by atoms with Crippen LogP contribution in [0.1, 0.15) is 11.5 Å². The molecule has 1 aliphatic rings. The minimum absolute atomic E-state index is 0.00653. The summed E-state index contributed by atoms with van der Waals surface area (Å²) in [4.78, 5) is 21.1. The first-order chi connectivity index (χ1) is 15.6. The van der Waals surface area contributed by atoms with Crippen LogP contribution in [0.2, 0.25) is 0 Å². The third-order valence-corrected chi connectivity index (χ3v) is 5.37. The fraction of sp³-hybridized carbons (Fsp3) is 0.292. The molecule has 1 fully saturated rings. The molecule has 2 heterocycles. The third kappa shape index (κ3) is 5.33. The Hall–Kier alpha value is -3.65. The van der Waals surface area contributed by atoms with E-state index < -0.39 is 0 Å². The highest BCUT2D eigenvalue weighted by Gasteiger charge is 2.21. The van der Waals surface area contributed by atoms with Crippen LogP contribution in [0.5, 0.6) is 11.5 Å². The summed E-state index contributed by atoms with van der Waals surface area (Å²) in [5.74, 6) is 2.67. The molecule has 0 saturated carbocycles. The molecule has 1 amide bonds. The van der Waals surface area contributed by atoms with Gasteiger partial charge in [0.15, 0.2) is 0 Å². The van der Waals surface area contributed by atoms with Crippen LogP contribution in [0.3, 0.4) is 0 Å². The highest BCUT2D eigenvalue weighted by atomic mass is 16.5. The zero-order valence-electron chi connectivity index (χ0n) is 18.2. The second-order valence-electron chi connectivity index (χ2n) is 7.45. The first-order valence-electron chi connectivity index (χ1n) is 10.4. The fourth-order valence-corrected chi connectivity index (χ4v) is 3.51. The summed E-state index contributed by atoms with van der Waals surface area (Å²) in [5, 5.41) is 4.08. The number of amides is 1. The summed E-state index contributed by atoms with van der Waals surface area (Å²) in [5.41, 5.74) is 1.81. The third-order valence-electron chi connectivity index (χ3n) is 5.37. The number of ether oxygens (including phenoxy) is 2. The number of carbonyl (C=O) groups excluding carboxylic acids is 1. The SMILES string of the molecule is COc1ccc(-c2noc(CN3CCN(C(=O)/C=C/c4cccc(OC)c4)CC3)n2)cc1. The fourth-order valence-electron chi connectivity index (χ4n) is 3.51. The Balaban J connectivity index is 1.28. The monoisotopic (exact) mass is 434 g/mol. The average Bonchev–Trinajstić information content (AvgIpc) is 3.31. The molecule has 0 aliphatic carbocycles. The quantitative estimate of drug-likeness (QED) is 0.529. The van der Waals surface area contributed by atoms with Gasteiger partial charge in [-0.1, -0.05) is 17.3 Å². The van der Waals surface area contributed by atoms with Gasteiger partial charge in [-0.05, 0) is 48.0 Å². The Morgan fingerprint density at radius 3 is 2.50 bits per heavy atom. The number of rotatable bonds is 7. The van der Waals surface area contributed by atoms with E-state index in [4.69, 9.17) is 14.0 Å². The van der Waals surface area contributed by atoms with E-state index in [0.29, 0.717) is 31.3 Å². The summed E-state index contributed by atoms with van der Waals surface area (Å²) >= 11 is 0. The molecule has 0 N–H and O–H groups in total. The molecule has 0 spiro atoms. The number of hydrogen-bond donors (Lipinski definition) is 0. The van der Waals surface area contributed by atoms with E-state index in [9.17, 15) is 4.79 Å². The van der Waals surface area contributed by atoms with Crippen LogP contribution in [0, 0.1) is 0 Å². The lowest BCUT2D eigenvalue weighted by molar-refractivity contribution is -0.127. The van der Waals surface area contributed by atoms with Crippen LogP contribution >= 0.6 is 0 Å². The average molecular weight is 434 g/mol. The van der Waals surface area contributed by atoms with Crippen LogP contribution in [0.15, 0.2) is 59.1 Å². The number of aromatic nitrogens is 2. The lowest BCUT2D eigenvalue weighted by Gasteiger charge is -2.33. The highest BCUT2D eigenvalue weighted by molar-refractivity contribution is 5.91. The molecule has 166 valence electrons. The van der Waals surface area contributed by atoms with Crippen molar-refractivity contribution in [1.82, 2.24) is 19.9 Å². The largest absolute Gasteiger partial charge is 0.497 e. The van der Waals surface area contributed by atoms with Gasteiger partial charge >= 0.3 is 0 Å². The first-order valence-corrected chi connectivity index (χ1v) is 10.4. The van der Waals surface area contributed by atoms with Gasteiger partial charge in [0.25, 0.3) is 0 Å². The molecule has 1 saturated heterocycles. The van der Waals surface area contributed by atoms with Gasteiger partial charge in [0.2, 0.25) is 17.6 Å². The molecule has 8 heteroatoms. The maximum atomic E-state index is 12.5. The van der Waals surface area contributed by atoms with E-state index in [-0.39, 0.29) is 5.91 Å². The van der Waals surface area contributed by atoms with E-state index >= 15 is 0 Å².